The summed E-state index contributed by atoms with van der Waals surface area (Å²) in [5.41, 5.74) is 0.683. The van der Waals surface area contributed by atoms with Crippen molar-refractivity contribution in [1.29, 1.82) is 0 Å². The van der Waals surface area contributed by atoms with Crippen molar-refractivity contribution in [2.24, 2.45) is 0 Å². The summed E-state index contributed by atoms with van der Waals surface area (Å²) >= 11 is 0. The average molecular weight is 386 g/mol. The van der Waals surface area contributed by atoms with Gasteiger partial charge in [0.15, 0.2) is 0 Å². The zero-order chi connectivity index (χ0) is 19.6. The van der Waals surface area contributed by atoms with Crippen LogP contribution in [0.5, 0.6) is 5.75 Å². The summed E-state index contributed by atoms with van der Waals surface area (Å²) in [5, 5.41) is 12.7. The Bertz CT molecular complexity index is 1090. The minimum atomic E-state index is -3.75. The molecule has 0 N–H and O–H groups in total. The Morgan fingerprint density at radius 3 is 2.26 bits per heavy atom. The van der Waals surface area contributed by atoms with Crippen LogP contribution in [-0.2, 0) is 16.6 Å². The summed E-state index contributed by atoms with van der Waals surface area (Å²) in [5.74, 6) is 0.758. The van der Waals surface area contributed by atoms with Gasteiger partial charge in [0.2, 0.25) is 10.0 Å². The van der Waals surface area contributed by atoms with Crippen LogP contribution >= 0.6 is 0 Å². The number of methoxy groups -OCH3 is 1. The van der Waals surface area contributed by atoms with E-state index in [1.165, 1.54) is 35.6 Å². The molecule has 8 heteroatoms. The minimum absolute atomic E-state index is 0.0149. The molecule has 0 bridgehead atoms. The van der Waals surface area contributed by atoms with Gasteiger partial charge in [-0.05, 0) is 46.7 Å². The second-order valence-electron chi connectivity index (χ2n) is 6.06. The van der Waals surface area contributed by atoms with Crippen LogP contribution in [0.4, 0.5) is 5.69 Å². The van der Waals surface area contributed by atoms with E-state index in [-0.39, 0.29) is 17.1 Å². The summed E-state index contributed by atoms with van der Waals surface area (Å²) in [6.07, 6.45) is 0. The van der Waals surface area contributed by atoms with Gasteiger partial charge in [-0.15, -0.1) is 0 Å². The molecule has 0 aromatic heterocycles. The van der Waals surface area contributed by atoms with Crippen molar-refractivity contribution in [3.8, 4) is 5.75 Å². The van der Waals surface area contributed by atoms with Crippen LogP contribution < -0.4 is 4.74 Å². The first-order chi connectivity index (χ1) is 12.8. The van der Waals surface area contributed by atoms with Crippen LogP contribution in [0.1, 0.15) is 5.56 Å². The van der Waals surface area contributed by atoms with Gasteiger partial charge in [0, 0.05) is 25.7 Å². The summed E-state index contributed by atoms with van der Waals surface area (Å²) in [6, 6.07) is 16.3. The Morgan fingerprint density at radius 2 is 1.63 bits per heavy atom. The zero-order valence-electron chi connectivity index (χ0n) is 14.8. The Balaban J connectivity index is 1.83. The van der Waals surface area contributed by atoms with Gasteiger partial charge in [0.25, 0.3) is 5.69 Å². The Kier molecular flexibility index (Phi) is 5.11. The zero-order valence-corrected chi connectivity index (χ0v) is 15.6. The van der Waals surface area contributed by atoms with Gasteiger partial charge >= 0.3 is 0 Å². The third-order valence-corrected chi connectivity index (χ3v) is 6.09. The van der Waals surface area contributed by atoms with Crippen molar-refractivity contribution in [3.05, 3.63) is 76.3 Å². The molecular weight excluding hydrogens is 368 g/mol. The van der Waals surface area contributed by atoms with E-state index >= 15 is 0 Å². The minimum Gasteiger partial charge on any atom is -0.497 e. The molecule has 0 amide bonds. The molecule has 0 atom stereocenters. The van der Waals surface area contributed by atoms with Crippen LogP contribution in [0.2, 0.25) is 0 Å². The second-order valence-corrected chi connectivity index (χ2v) is 8.10. The predicted octanol–water partition coefficient (Wildman–Crippen LogP) is 3.58. The Labute approximate surface area is 157 Å². The summed E-state index contributed by atoms with van der Waals surface area (Å²) in [7, 11) is -0.667. The standard InChI is InChI=1S/C19H18N2O5S/c1-20(27(24,25)19-9-6-17(7-10-19)21(22)23)13-14-3-4-16-12-18(26-2)8-5-15(16)11-14/h3-12H,13H2,1-2H3. The molecule has 7 nitrogen and oxygen atoms in total. The lowest BCUT2D eigenvalue weighted by Crippen LogP contribution is -2.26. The van der Waals surface area contributed by atoms with Crippen LogP contribution in [0.3, 0.4) is 0 Å². The topological polar surface area (TPSA) is 89.8 Å². The lowest BCUT2D eigenvalue weighted by Gasteiger charge is -2.17. The molecule has 0 aliphatic heterocycles. The molecule has 0 fully saturated rings. The van der Waals surface area contributed by atoms with E-state index in [0.29, 0.717) is 0 Å². The van der Waals surface area contributed by atoms with E-state index in [4.69, 9.17) is 4.74 Å². The van der Waals surface area contributed by atoms with Crippen molar-refractivity contribution in [1.82, 2.24) is 4.31 Å². The van der Waals surface area contributed by atoms with Crippen LogP contribution in [0.25, 0.3) is 10.8 Å². The SMILES string of the molecule is COc1ccc2cc(CN(C)S(=O)(=O)c3ccc([N+](=O)[O-])cc3)ccc2c1. The highest BCUT2D eigenvalue weighted by Crippen LogP contribution is 2.24. The van der Waals surface area contributed by atoms with E-state index < -0.39 is 14.9 Å². The quantitative estimate of drug-likeness (QED) is 0.477. The fourth-order valence-corrected chi connectivity index (χ4v) is 3.92. The summed E-state index contributed by atoms with van der Waals surface area (Å²) < 4.78 is 31.8. The largest absolute Gasteiger partial charge is 0.497 e. The number of hydrogen-bond donors (Lipinski definition) is 0. The highest BCUT2D eigenvalue weighted by atomic mass is 32.2. The molecule has 0 heterocycles. The lowest BCUT2D eigenvalue weighted by molar-refractivity contribution is -0.384. The highest BCUT2D eigenvalue weighted by molar-refractivity contribution is 7.89. The van der Waals surface area contributed by atoms with Crippen molar-refractivity contribution in [2.75, 3.05) is 14.2 Å². The molecule has 3 aromatic rings. The number of nitro benzene ring substituents is 1. The molecule has 140 valence electrons. The van der Waals surface area contributed by atoms with Gasteiger partial charge in [-0.3, -0.25) is 10.1 Å². The van der Waals surface area contributed by atoms with Gasteiger partial charge < -0.3 is 4.74 Å². The molecule has 0 saturated carbocycles. The van der Waals surface area contributed by atoms with E-state index in [0.717, 1.165) is 22.1 Å². The molecule has 3 aromatic carbocycles. The number of ether oxygens (including phenoxy) is 1. The molecule has 27 heavy (non-hydrogen) atoms. The second kappa shape index (κ2) is 7.34. The lowest BCUT2D eigenvalue weighted by atomic mass is 10.1. The number of benzene rings is 3. The first-order valence-corrected chi connectivity index (χ1v) is 9.53. The maximum Gasteiger partial charge on any atom is 0.269 e. The van der Waals surface area contributed by atoms with Crippen molar-refractivity contribution in [2.45, 2.75) is 11.4 Å². The molecule has 0 unspecified atom stereocenters. The average Bonchev–Trinajstić information content (AvgIpc) is 2.67. The van der Waals surface area contributed by atoms with Crippen LogP contribution in [0.15, 0.2) is 65.6 Å². The monoisotopic (exact) mass is 386 g/mol. The predicted molar refractivity (Wildman–Crippen MR) is 102 cm³/mol. The van der Waals surface area contributed by atoms with E-state index in [9.17, 15) is 18.5 Å². The number of fused-ring (bicyclic) bond motifs is 1. The number of rotatable bonds is 6. The number of hydrogen-bond acceptors (Lipinski definition) is 5. The maximum absolute atomic E-state index is 12.7. The van der Waals surface area contributed by atoms with Crippen molar-refractivity contribution < 1.29 is 18.1 Å². The fourth-order valence-electron chi connectivity index (χ4n) is 2.76. The summed E-state index contributed by atoms with van der Waals surface area (Å²) in [4.78, 5) is 10.2. The van der Waals surface area contributed by atoms with Gasteiger partial charge in [-0.25, -0.2) is 8.42 Å². The molecule has 0 aliphatic rings. The number of nitrogens with zero attached hydrogens (tertiary/aromatic N) is 2. The van der Waals surface area contributed by atoms with Gasteiger partial charge in [0.05, 0.1) is 16.9 Å². The van der Waals surface area contributed by atoms with Crippen molar-refractivity contribution >= 4 is 26.5 Å². The third-order valence-electron chi connectivity index (χ3n) is 4.27. The highest BCUT2D eigenvalue weighted by Gasteiger charge is 2.22. The van der Waals surface area contributed by atoms with E-state index in [1.807, 2.05) is 36.4 Å². The number of non-ortho nitro benzene ring substituents is 1. The third kappa shape index (κ3) is 3.91. The molecule has 0 radical (unpaired) electrons. The van der Waals surface area contributed by atoms with E-state index in [1.54, 1.807) is 7.11 Å². The number of nitro groups is 1. The van der Waals surface area contributed by atoms with E-state index in [2.05, 4.69) is 0 Å². The smallest absolute Gasteiger partial charge is 0.269 e. The molecule has 0 aliphatic carbocycles. The van der Waals surface area contributed by atoms with Gasteiger partial charge in [-0.2, -0.15) is 4.31 Å². The maximum atomic E-state index is 12.7. The van der Waals surface area contributed by atoms with Crippen LogP contribution in [-0.4, -0.2) is 31.8 Å². The normalized spacial score (nSPS) is 11.7. The molecule has 0 spiro atoms. The first kappa shape index (κ1) is 18.8. The van der Waals surface area contributed by atoms with Gasteiger partial charge in [0.1, 0.15) is 5.75 Å². The molecule has 3 rings (SSSR count). The number of sulfonamides is 1. The summed E-state index contributed by atoms with van der Waals surface area (Å²) in [6.45, 7) is 0.182. The van der Waals surface area contributed by atoms with Gasteiger partial charge in [-0.1, -0.05) is 18.2 Å². The van der Waals surface area contributed by atoms with Crippen molar-refractivity contribution in [3.63, 3.8) is 0 Å². The molecule has 0 saturated heterocycles. The first-order valence-electron chi connectivity index (χ1n) is 8.09. The fraction of sp³-hybridized carbons (Fsp3) is 0.158. The Hall–Kier alpha value is -2.97. The molecular formula is C19H18N2O5S. The van der Waals surface area contributed by atoms with Crippen LogP contribution in [0, 0.1) is 10.1 Å². The Morgan fingerprint density at radius 1 is 1.00 bits per heavy atom.